The maximum atomic E-state index is 5.43. The lowest BCUT2D eigenvalue weighted by Gasteiger charge is -2.12. The fourth-order valence-electron chi connectivity index (χ4n) is 2.36. The Morgan fingerprint density at radius 3 is 2.52 bits per heavy atom. The van der Waals surface area contributed by atoms with Gasteiger partial charge in [0.05, 0.1) is 12.9 Å². The maximum Gasteiger partial charge on any atom is 0.171 e. The lowest BCUT2D eigenvalue weighted by Crippen LogP contribution is -2.27. The van der Waals surface area contributed by atoms with Crippen LogP contribution < -0.4 is 15.4 Å². The molecule has 128 valence electrons. The number of imidazole rings is 1. The summed E-state index contributed by atoms with van der Waals surface area (Å²) >= 11 is 5.34. The molecule has 6 heteroatoms. The third-order valence-electron chi connectivity index (χ3n) is 3.62. The van der Waals surface area contributed by atoms with Crippen LogP contribution in [0.5, 0.6) is 5.75 Å². The van der Waals surface area contributed by atoms with E-state index in [1.165, 1.54) is 0 Å². The molecular formula is C19H20N4OS. The van der Waals surface area contributed by atoms with E-state index in [-0.39, 0.29) is 0 Å². The van der Waals surface area contributed by atoms with Crippen LogP contribution in [0, 0.1) is 0 Å². The van der Waals surface area contributed by atoms with Crippen molar-refractivity contribution in [3.8, 4) is 11.4 Å². The van der Waals surface area contributed by atoms with Crippen molar-refractivity contribution in [2.75, 3.05) is 11.9 Å². The molecule has 2 aromatic carbocycles. The van der Waals surface area contributed by atoms with E-state index in [9.17, 15) is 0 Å². The molecule has 3 rings (SSSR count). The molecule has 25 heavy (non-hydrogen) atoms. The fraction of sp³-hybridized carbons (Fsp3) is 0.158. The van der Waals surface area contributed by atoms with E-state index in [4.69, 9.17) is 17.0 Å². The van der Waals surface area contributed by atoms with Crippen molar-refractivity contribution in [1.29, 1.82) is 0 Å². The van der Waals surface area contributed by atoms with Gasteiger partial charge in [-0.15, -0.1) is 0 Å². The molecule has 0 radical (unpaired) electrons. The van der Waals surface area contributed by atoms with Crippen molar-refractivity contribution in [2.24, 2.45) is 0 Å². The van der Waals surface area contributed by atoms with E-state index < -0.39 is 0 Å². The second-order valence-corrected chi connectivity index (χ2v) is 5.81. The number of thiocarbonyl (C=S) groups is 1. The second-order valence-electron chi connectivity index (χ2n) is 5.40. The Morgan fingerprint density at radius 2 is 1.88 bits per heavy atom. The average molecular weight is 352 g/mol. The van der Waals surface area contributed by atoms with Crippen molar-refractivity contribution < 1.29 is 4.74 Å². The zero-order valence-corrected chi connectivity index (χ0v) is 14.8. The van der Waals surface area contributed by atoms with Crippen LogP contribution in [0.1, 0.15) is 12.5 Å². The molecule has 0 unspecified atom stereocenters. The van der Waals surface area contributed by atoms with Crippen LogP contribution in [0.3, 0.4) is 0 Å². The first-order valence-corrected chi connectivity index (χ1v) is 8.50. The molecule has 0 aliphatic heterocycles. The molecule has 0 aliphatic carbocycles. The van der Waals surface area contributed by atoms with Crippen molar-refractivity contribution in [2.45, 2.75) is 13.5 Å². The first-order valence-electron chi connectivity index (χ1n) is 8.09. The summed E-state index contributed by atoms with van der Waals surface area (Å²) in [6.07, 6.45) is 5.47. The number of aromatic nitrogens is 2. The van der Waals surface area contributed by atoms with E-state index in [0.29, 0.717) is 18.3 Å². The zero-order chi connectivity index (χ0) is 17.5. The van der Waals surface area contributed by atoms with Gasteiger partial charge in [-0.05, 0) is 61.1 Å². The summed E-state index contributed by atoms with van der Waals surface area (Å²) < 4.78 is 7.39. The minimum Gasteiger partial charge on any atom is -0.494 e. The Kier molecular flexibility index (Phi) is 5.64. The lowest BCUT2D eigenvalue weighted by molar-refractivity contribution is 0.340. The quantitative estimate of drug-likeness (QED) is 0.662. The molecule has 1 heterocycles. The highest BCUT2D eigenvalue weighted by Crippen LogP contribution is 2.15. The van der Waals surface area contributed by atoms with Crippen molar-refractivity contribution in [3.05, 3.63) is 72.8 Å². The van der Waals surface area contributed by atoms with Crippen LogP contribution in [0.2, 0.25) is 0 Å². The van der Waals surface area contributed by atoms with Crippen LogP contribution in [0.4, 0.5) is 5.69 Å². The van der Waals surface area contributed by atoms with Gasteiger partial charge in [-0.3, -0.25) is 0 Å². The Bertz CT molecular complexity index is 798. The van der Waals surface area contributed by atoms with Gasteiger partial charge in [0, 0.05) is 30.3 Å². The molecular weight excluding hydrogens is 332 g/mol. The largest absolute Gasteiger partial charge is 0.494 e. The molecule has 3 aromatic rings. The first kappa shape index (κ1) is 17.0. The summed E-state index contributed by atoms with van der Waals surface area (Å²) in [7, 11) is 0. The Hall–Kier alpha value is -2.86. The van der Waals surface area contributed by atoms with Gasteiger partial charge in [-0.25, -0.2) is 4.98 Å². The highest BCUT2D eigenvalue weighted by molar-refractivity contribution is 7.80. The molecule has 0 saturated heterocycles. The summed E-state index contributed by atoms with van der Waals surface area (Å²) in [6, 6.07) is 16.0. The number of nitrogens with one attached hydrogen (secondary N) is 2. The van der Waals surface area contributed by atoms with E-state index in [2.05, 4.69) is 39.9 Å². The molecule has 0 fully saturated rings. The fourth-order valence-corrected chi connectivity index (χ4v) is 2.55. The van der Waals surface area contributed by atoms with E-state index in [0.717, 1.165) is 22.7 Å². The maximum absolute atomic E-state index is 5.43. The lowest BCUT2D eigenvalue weighted by atomic mass is 10.2. The van der Waals surface area contributed by atoms with Gasteiger partial charge in [0.1, 0.15) is 5.75 Å². The van der Waals surface area contributed by atoms with Crippen LogP contribution >= 0.6 is 12.2 Å². The summed E-state index contributed by atoms with van der Waals surface area (Å²) in [5, 5.41) is 6.96. The first-order chi connectivity index (χ1) is 12.2. The molecule has 0 atom stereocenters. The minimum atomic E-state index is 0.586. The monoisotopic (exact) mass is 352 g/mol. The third kappa shape index (κ3) is 4.81. The number of rotatable bonds is 6. The topological polar surface area (TPSA) is 51.1 Å². The number of ether oxygens (including phenoxy) is 1. The Balaban J connectivity index is 1.50. The van der Waals surface area contributed by atoms with Gasteiger partial charge in [-0.1, -0.05) is 12.1 Å². The van der Waals surface area contributed by atoms with Crippen LogP contribution in [0.25, 0.3) is 5.69 Å². The highest BCUT2D eigenvalue weighted by atomic mass is 32.1. The van der Waals surface area contributed by atoms with E-state index in [1.54, 1.807) is 12.5 Å². The summed E-state index contributed by atoms with van der Waals surface area (Å²) in [5.74, 6) is 0.852. The molecule has 1 aromatic heterocycles. The predicted octanol–water partition coefficient (Wildman–Crippen LogP) is 3.76. The van der Waals surface area contributed by atoms with E-state index >= 15 is 0 Å². The van der Waals surface area contributed by atoms with Crippen LogP contribution in [-0.4, -0.2) is 21.3 Å². The van der Waals surface area contributed by atoms with Crippen LogP contribution in [-0.2, 0) is 6.54 Å². The Morgan fingerprint density at radius 1 is 1.12 bits per heavy atom. The van der Waals surface area contributed by atoms with Crippen molar-refractivity contribution >= 4 is 23.0 Å². The van der Waals surface area contributed by atoms with Gasteiger partial charge < -0.3 is 19.9 Å². The number of benzene rings is 2. The van der Waals surface area contributed by atoms with Gasteiger partial charge in [-0.2, -0.15) is 0 Å². The molecule has 0 bridgehead atoms. The number of nitrogens with zero attached hydrogens (tertiary/aromatic N) is 2. The van der Waals surface area contributed by atoms with E-state index in [1.807, 2.05) is 42.0 Å². The van der Waals surface area contributed by atoms with Gasteiger partial charge in [0.15, 0.2) is 5.11 Å². The predicted molar refractivity (Wildman–Crippen MR) is 104 cm³/mol. The summed E-state index contributed by atoms with van der Waals surface area (Å²) in [6.45, 7) is 3.28. The van der Waals surface area contributed by atoms with Crippen molar-refractivity contribution in [1.82, 2.24) is 14.9 Å². The summed E-state index contributed by atoms with van der Waals surface area (Å²) in [5.41, 5.74) is 3.16. The minimum absolute atomic E-state index is 0.586. The number of hydrogen-bond acceptors (Lipinski definition) is 3. The number of anilines is 1. The zero-order valence-electron chi connectivity index (χ0n) is 14.0. The average Bonchev–Trinajstić information content (AvgIpc) is 3.17. The smallest absolute Gasteiger partial charge is 0.171 e. The molecule has 0 saturated carbocycles. The molecule has 5 nitrogen and oxygen atoms in total. The second kappa shape index (κ2) is 8.30. The highest BCUT2D eigenvalue weighted by Gasteiger charge is 2.00. The number of hydrogen-bond donors (Lipinski definition) is 2. The molecule has 2 N–H and O–H groups in total. The van der Waals surface area contributed by atoms with Gasteiger partial charge in [0.25, 0.3) is 0 Å². The molecule has 0 aliphatic rings. The standard InChI is InChI=1S/C19H20N4OS/c1-2-24-18-9-5-16(6-10-18)22-19(25)21-13-15-3-7-17(8-4-15)23-12-11-20-14-23/h3-12,14H,2,13H2,1H3,(H2,21,22,25). The van der Waals surface area contributed by atoms with Gasteiger partial charge >= 0.3 is 0 Å². The SMILES string of the molecule is CCOc1ccc(NC(=S)NCc2ccc(-n3ccnc3)cc2)cc1. The third-order valence-corrected chi connectivity index (χ3v) is 3.86. The normalized spacial score (nSPS) is 10.3. The van der Waals surface area contributed by atoms with Gasteiger partial charge in [0.2, 0.25) is 0 Å². The Labute approximate surface area is 152 Å². The van der Waals surface area contributed by atoms with Crippen LogP contribution in [0.15, 0.2) is 67.3 Å². The summed E-state index contributed by atoms with van der Waals surface area (Å²) in [4.78, 5) is 4.05. The molecule has 0 amide bonds. The van der Waals surface area contributed by atoms with Crippen molar-refractivity contribution in [3.63, 3.8) is 0 Å². The molecule has 0 spiro atoms.